The highest BCUT2D eigenvalue weighted by atomic mass is 28.4. The third kappa shape index (κ3) is 7.44. The third-order valence-corrected chi connectivity index (χ3v) is 11.3. The molecule has 1 unspecified atom stereocenters. The molecule has 34 heavy (non-hydrogen) atoms. The first kappa shape index (κ1) is 28.1. The fraction of sp³-hybridized carbons (Fsp3) is 0.552. The Balaban J connectivity index is 2.60. The van der Waals surface area contributed by atoms with Crippen LogP contribution < -0.4 is 9.16 Å². The number of benzene rings is 2. The molecule has 0 aromatic heterocycles. The lowest BCUT2D eigenvalue weighted by atomic mass is 9.87. The van der Waals surface area contributed by atoms with Crippen LogP contribution >= 0.6 is 0 Å². The highest BCUT2D eigenvalue weighted by Gasteiger charge is 2.40. The van der Waals surface area contributed by atoms with Crippen molar-refractivity contribution in [1.29, 1.82) is 0 Å². The van der Waals surface area contributed by atoms with Crippen LogP contribution in [0.25, 0.3) is 0 Å². The molecule has 4 nitrogen and oxygen atoms in total. The van der Waals surface area contributed by atoms with Crippen molar-refractivity contribution in [2.75, 3.05) is 6.54 Å². The molecule has 0 spiro atoms. The maximum Gasteiger partial charge on any atom is 0.308 e. The van der Waals surface area contributed by atoms with Crippen molar-refractivity contribution >= 4 is 14.3 Å². The summed E-state index contributed by atoms with van der Waals surface area (Å²) in [7, 11) is -2.07. The zero-order valence-corrected chi connectivity index (χ0v) is 23.9. The molecular weight excluding hydrogens is 438 g/mol. The lowest BCUT2D eigenvalue weighted by Crippen LogP contribution is -2.44. The average Bonchev–Trinajstić information content (AvgIpc) is 2.71. The molecule has 0 heterocycles. The fourth-order valence-corrected chi connectivity index (χ4v) is 5.17. The molecule has 0 saturated heterocycles. The third-order valence-electron chi connectivity index (χ3n) is 6.99. The van der Waals surface area contributed by atoms with Gasteiger partial charge in [0.15, 0.2) is 0 Å². The van der Waals surface area contributed by atoms with Gasteiger partial charge in [-0.1, -0.05) is 51.1 Å². The van der Waals surface area contributed by atoms with Crippen LogP contribution in [-0.4, -0.2) is 37.8 Å². The van der Waals surface area contributed by atoms with Crippen molar-refractivity contribution in [3.8, 4) is 11.5 Å². The molecule has 188 valence electrons. The highest BCUT2D eigenvalue weighted by Crippen LogP contribution is 2.42. The van der Waals surface area contributed by atoms with E-state index < -0.39 is 8.32 Å². The van der Waals surface area contributed by atoms with Crippen molar-refractivity contribution in [2.24, 2.45) is 0 Å². The summed E-state index contributed by atoms with van der Waals surface area (Å²) in [4.78, 5) is 14.2. The van der Waals surface area contributed by atoms with Crippen LogP contribution in [0, 0.1) is 0 Å². The Morgan fingerprint density at radius 1 is 0.971 bits per heavy atom. The molecule has 5 heteroatoms. The van der Waals surface area contributed by atoms with E-state index >= 15 is 0 Å². The van der Waals surface area contributed by atoms with Gasteiger partial charge in [0.25, 0.3) is 0 Å². The number of hydrogen-bond donors (Lipinski definition) is 0. The summed E-state index contributed by atoms with van der Waals surface area (Å²) in [5.41, 5.74) is 2.33. The van der Waals surface area contributed by atoms with Crippen LogP contribution in [0.4, 0.5) is 0 Å². The molecular formula is C29H45NO3Si. The first-order valence-electron chi connectivity index (χ1n) is 12.5. The SMILES string of the molecule is CC(=O)Oc1ccc(O[Si](C)(C)C(C)(C)C)c(C(CCN(C(C)C)C(C)C)c2ccccc2)c1. The van der Waals surface area contributed by atoms with E-state index in [1.54, 1.807) is 0 Å². The van der Waals surface area contributed by atoms with Crippen LogP contribution in [0.2, 0.25) is 18.1 Å². The highest BCUT2D eigenvalue weighted by molar-refractivity contribution is 6.74. The minimum absolute atomic E-state index is 0.0765. The molecule has 0 amide bonds. The number of nitrogens with zero attached hydrogens (tertiary/aromatic N) is 1. The Morgan fingerprint density at radius 2 is 1.56 bits per heavy atom. The molecule has 0 bridgehead atoms. The van der Waals surface area contributed by atoms with Crippen molar-refractivity contribution in [1.82, 2.24) is 4.90 Å². The number of hydrogen-bond acceptors (Lipinski definition) is 4. The van der Waals surface area contributed by atoms with Crippen LogP contribution in [-0.2, 0) is 4.79 Å². The zero-order valence-electron chi connectivity index (χ0n) is 22.9. The second-order valence-corrected chi connectivity index (χ2v) is 16.1. The standard InChI is InChI=1S/C29H45NO3Si/c1-21(2)30(22(3)4)19-18-26(24-14-12-11-13-15-24)27-20-25(32-23(5)31)16-17-28(27)33-34(9,10)29(6,7)8/h11-17,20-22,26H,18-19H2,1-10H3. The van der Waals surface area contributed by atoms with Crippen LogP contribution in [0.3, 0.4) is 0 Å². The predicted octanol–water partition coefficient (Wildman–Crippen LogP) is 7.64. The molecule has 2 rings (SSSR count). The molecule has 2 aromatic carbocycles. The monoisotopic (exact) mass is 483 g/mol. The maximum atomic E-state index is 11.7. The van der Waals surface area contributed by atoms with Gasteiger partial charge in [0.2, 0.25) is 8.32 Å². The minimum Gasteiger partial charge on any atom is -0.543 e. The number of carbonyl (C=O) groups is 1. The van der Waals surface area contributed by atoms with Crippen molar-refractivity contribution in [2.45, 2.75) is 97.9 Å². The van der Waals surface area contributed by atoms with E-state index in [4.69, 9.17) is 9.16 Å². The normalized spacial score (nSPS) is 13.4. The quantitative estimate of drug-likeness (QED) is 0.198. The first-order chi connectivity index (χ1) is 15.7. The van der Waals surface area contributed by atoms with Gasteiger partial charge < -0.3 is 9.16 Å². The van der Waals surface area contributed by atoms with Crippen LogP contribution in [0.5, 0.6) is 11.5 Å². The molecule has 0 aliphatic carbocycles. The molecule has 0 aliphatic heterocycles. The van der Waals surface area contributed by atoms with Crippen molar-refractivity contribution < 1.29 is 14.0 Å². The van der Waals surface area contributed by atoms with E-state index in [9.17, 15) is 4.79 Å². The molecule has 0 saturated carbocycles. The molecule has 0 radical (unpaired) electrons. The maximum absolute atomic E-state index is 11.7. The number of esters is 1. The molecule has 0 aliphatic rings. The number of carbonyl (C=O) groups excluding carboxylic acids is 1. The summed E-state index contributed by atoms with van der Waals surface area (Å²) in [5, 5.41) is 0.0765. The minimum atomic E-state index is -2.07. The zero-order chi connectivity index (χ0) is 25.7. The molecule has 2 aromatic rings. The number of ether oxygens (including phenoxy) is 1. The second-order valence-electron chi connectivity index (χ2n) is 11.3. The summed E-state index contributed by atoms with van der Waals surface area (Å²) in [6, 6.07) is 17.4. The van der Waals surface area contributed by atoms with Gasteiger partial charge in [0.1, 0.15) is 11.5 Å². The van der Waals surface area contributed by atoms with Gasteiger partial charge >= 0.3 is 5.97 Å². The average molecular weight is 484 g/mol. The summed E-state index contributed by atoms with van der Waals surface area (Å²) < 4.78 is 12.3. The fourth-order valence-electron chi connectivity index (χ4n) is 4.13. The smallest absolute Gasteiger partial charge is 0.308 e. The van der Waals surface area contributed by atoms with E-state index in [-0.39, 0.29) is 16.9 Å². The number of rotatable bonds is 10. The van der Waals surface area contributed by atoms with E-state index in [1.807, 2.05) is 18.2 Å². The van der Waals surface area contributed by atoms with E-state index in [0.29, 0.717) is 17.8 Å². The first-order valence-corrected chi connectivity index (χ1v) is 15.5. The molecule has 1 atom stereocenters. The van der Waals surface area contributed by atoms with Gasteiger partial charge in [-0.2, -0.15) is 0 Å². The molecule has 0 fully saturated rings. The largest absolute Gasteiger partial charge is 0.543 e. The van der Waals surface area contributed by atoms with Crippen LogP contribution in [0.1, 0.15) is 78.9 Å². The summed E-state index contributed by atoms with van der Waals surface area (Å²) >= 11 is 0. The summed E-state index contributed by atoms with van der Waals surface area (Å²) in [5.74, 6) is 1.27. The van der Waals surface area contributed by atoms with E-state index in [1.165, 1.54) is 12.5 Å². The topological polar surface area (TPSA) is 38.8 Å². The van der Waals surface area contributed by atoms with Gasteiger partial charge in [0, 0.05) is 30.5 Å². The van der Waals surface area contributed by atoms with Gasteiger partial charge in [-0.25, -0.2) is 0 Å². The lowest BCUT2D eigenvalue weighted by Gasteiger charge is -2.38. The lowest BCUT2D eigenvalue weighted by molar-refractivity contribution is -0.131. The van der Waals surface area contributed by atoms with E-state index in [2.05, 4.69) is 96.8 Å². The summed E-state index contributed by atoms with van der Waals surface area (Å²) in [6.45, 7) is 22.7. The van der Waals surface area contributed by atoms with Crippen molar-refractivity contribution in [3.63, 3.8) is 0 Å². The van der Waals surface area contributed by atoms with E-state index in [0.717, 1.165) is 24.3 Å². The van der Waals surface area contributed by atoms with Gasteiger partial charge in [-0.3, -0.25) is 9.69 Å². The molecule has 0 N–H and O–H groups in total. The second kappa shape index (κ2) is 11.5. The Bertz CT molecular complexity index is 924. The Hall–Kier alpha value is -2.11. The summed E-state index contributed by atoms with van der Waals surface area (Å²) in [6.07, 6.45) is 0.942. The Kier molecular flexibility index (Phi) is 9.55. The Morgan fingerprint density at radius 3 is 2.06 bits per heavy atom. The predicted molar refractivity (Wildman–Crippen MR) is 145 cm³/mol. The Labute approximate surface area is 208 Å². The van der Waals surface area contributed by atoms with Gasteiger partial charge in [-0.05, 0) is 82.6 Å². The van der Waals surface area contributed by atoms with Gasteiger partial charge in [-0.15, -0.1) is 0 Å². The van der Waals surface area contributed by atoms with Crippen LogP contribution in [0.15, 0.2) is 48.5 Å². The van der Waals surface area contributed by atoms with Gasteiger partial charge in [0.05, 0.1) is 0 Å². The van der Waals surface area contributed by atoms with Crippen molar-refractivity contribution in [3.05, 3.63) is 59.7 Å².